The number of nitrogens with zero attached hydrogens (tertiary/aromatic N) is 2. The second-order valence-electron chi connectivity index (χ2n) is 7.32. The number of anilines is 2. The first-order valence-corrected chi connectivity index (χ1v) is 12.0. The van der Waals surface area contributed by atoms with Gasteiger partial charge in [0.15, 0.2) is 0 Å². The van der Waals surface area contributed by atoms with E-state index in [0.29, 0.717) is 11.4 Å². The van der Waals surface area contributed by atoms with Crippen molar-refractivity contribution in [2.45, 2.75) is 0 Å². The number of hydrogen-bond acceptors (Lipinski definition) is 4. The van der Waals surface area contributed by atoms with E-state index in [-0.39, 0.29) is 0 Å². The van der Waals surface area contributed by atoms with Gasteiger partial charge in [-0.3, -0.25) is 9.52 Å². The lowest BCUT2D eigenvalue weighted by molar-refractivity contribution is -0.111. The quantitative estimate of drug-likeness (QED) is 0.397. The number of hydrogen-bond donors (Lipinski definition) is 2. The van der Waals surface area contributed by atoms with Crippen molar-refractivity contribution in [3.8, 4) is 16.9 Å². The summed E-state index contributed by atoms with van der Waals surface area (Å²) in [7, 11) is -3.48. The van der Waals surface area contributed by atoms with Gasteiger partial charge in [0, 0.05) is 23.4 Å². The topological polar surface area (TPSA) is 93.1 Å². The maximum atomic E-state index is 12.6. The zero-order chi connectivity index (χ0) is 23.3. The van der Waals surface area contributed by atoms with E-state index in [2.05, 4.69) is 10.0 Å². The lowest BCUT2D eigenvalue weighted by Crippen LogP contribution is -2.14. The van der Waals surface area contributed by atoms with Gasteiger partial charge in [-0.2, -0.15) is 5.10 Å². The van der Waals surface area contributed by atoms with Gasteiger partial charge in [-0.1, -0.05) is 60.7 Å². The molecule has 3 aromatic carbocycles. The molecular formula is C25H22N4O3S. The maximum absolute atomic E-state index is 12.6. The maximum Gasteiger partial charge on any atom is 0.248 e. The van der Waals surface area contributed by atoms with E-state index in [4.69, 9.17) is 5.10 Å². The van der Waals surface area contributed by atoms with Crippen LogP contribution in [0.25, 0.3) is 23.0 Å². The molecule has 0 unspecified atom stereocenters. The molecular weight excluding hydrogens is 436 g/mol. The average Bonchev–Trinajstić information content (AvgIpc) is 3.24. The van der Waals surface area contributed by atoms with Crippen molar-refractivity contribution < 1.29 is 13.2 Å². The molecule has 8 heteroatoms. The number of carbonyl (C=O) groups excluding carboxylic acids is 1. The molecule has 2 N–H and O–H groups in total. The van der Waals surface area contributed by atoms with Gasteiger partial charge in [0.1, 0.15) is 0 Å². The van der Waals surface area contributed by atoms with Gasteiger partial charge in [-0.15, -0.1) is 0 Å². The van der Waals surface area contributed by atoms with Crippen molar-refractivity contribution in [3.05, 3.63) is 103 Å². The normalized spacial score (nSPS) is 11.4. The van der Waals surface area contributed by atoms with E-state index < -0.39 is 15.9 Å². The summed E-state index contributed by atoms with van der Waals surface area (Å²) in [4.78, 5) is 12.6. The Morgan fingerprint density at radius 2 is 1.48 bits per heavy atom. The van der Waals surface area contributed by atoms with E-state index in [1.807, 2.05) is 66.9 Å². The highest BCUT2D eigenvalue weighted by molar-refractivity contribution is 7.92. The number of para-hydroxylation sites is 3. The zero-order valence-corrected chi connectivity index (χ0v) is 18.7. The summed E-state index contributed by atoms with van der Waals surface area (Å²) in [6.07, 6.45) is 6.01. The van der Waals surface area contributed by atoms with Crippen LogP contribution in [0.1, 0.15) is 5.56 Å². The summed E-state index contributed by atoms with van der Waals surface area (Å²) in [6.45, 7) is 0. The van der Waals surface area contributed by atoms with Crippen LogP contribution in [0.5, 0.6) is 0 Å². The summed E-state index contributed by atoms with van der Waals surface area (Å²) >= 11 is 0. The summed E-state index contributed by atoms with van der Waals surface area (Å²) in [5, 5.41) is 7.45. The molecule has 1 aromatic heterocycles. The van der Waals surface area contributed by atoms with Gasteiger partial charge >= 0.3 is 0 Å². The minimum absolute atomic E-state index is 0.295. The smallest absolute Gasteiger partial charge is 0.248 e. The Bertz CT molecular complexity index is 1400. The minimum Gasteiger partial charge on any atom is -0.321 e. The van der Waals surface area contributed by atoms with Crippen LogP contribution in [0.2, 0.25) is 0 Å². The van der Waals surface area contributed by atoms with Crippen LogP contribution in [0.4, 0.5) is 11.4 Å². The molecule has 1 amide bonds. The molecule has 4 rings (SSSR count). The Kier molecular flexibility index (Phi) is 6.37. The number of nitrogens with one attached hydrogen (secondary N) is 2. The summed E-state index contributed by atoms with van der Waals surface area (Å²) in [5.41, 5.74) is 3.99. The second-order valence-corrected chi connectivity index (χ2v) is 9.07. The third-order valence-electron chi connectivity index (χ3n) is 4.71. The number of rotatable bonds is 7. The van der Waals surface area contributed by atoms with Crippen LogP contribution in [0, 0.1) is 0 Å². The molecule has 0 spiro atoms. The van der Waals surface area contributed by atoms with Crippen molar-refractivity contribution in [3.63, 3.8) is 0 Å². The summed E-state index contributed by atoms with van der Waals surface area (Å²) in [5.74, 6) is -0.399. The van der Waals surface area contributed by atoms with Crippen molar-refractivity contribution in [1.29, 1.82) is 0 Å². The molecule has 0 radical (unpaired) electrons. The molecule has 4 aromatic rings. The molecule has 7 nitrogen and oxygen atoms in total. The highest BCUT2D eigenvalue weighted by Gasteiger charge is 2.12. The Morgan fingerprint density at radius 1 is 0.879 bits per heavy atom. The predicted octanol–water partition coefficient (Wildman–Crippen LogP) is 4.56. The van der Waals surface area contributed by atoms with Crippen molar-refractivity contribution in [1.82, 2.24) is 9.78 Å². The third-order valence-corrected chi connectivity index (χ3v) is 5.30. The number of carbonyl (C=O) groups is 1. The number of aromatic nitrogens is 2. The number of benzene rings is 3. The van der Waals surface area contributed by atoms with E-state index in [9.17, 15) is 13.2 Å². The van der Waals surface area contributed by atoms with E-state index in [1.165, 1.54) is 6.08 Å². The lowest BCUT2D eigenvalue weighted by atomic mass is 10.1. The standard InChI is InChI=1S/C25H22N4O3S/c1-33(31,32)28-23-15-9-8-14-22(23)26-24(30)17-16-20-18-29(21-12-6-3-7-13-21)27-25(20)19-10-4-2-5-11-19/h2-18,28H,1H3,(H,26,30). The van der Waals surface area contributed by atoms with Gasteiger partial charge in [-0.05, 0) is 30.3 Å². The summed E-state index contributed by atoms with van der Waals surface area (Å²) < 4.78 is 27.4. The molecule has 1 heterocycles. The monoisotopic (exact) mass is 458 g/mol. The molecule has 0 saturated heterocycles. The Morgan fingerprint density at radius 3 is 2.15 bits per heavy atom. The van der Waals surface area contributed by atoms with E-state index in [1.54, 1.807) is 35.0 Å². The van der Waals surface area contributed by atoms with E-state index in [0.717, 1.165) is 28.8 Å². The Hall–Kier alpha value is -4.17. The number of amides is 1. The molecule has 166 valence electrons. The Balaban J connectivity index is 1.62. The average molecular weight is 459 g/mol. The fourth-order valence-electron chi connectivity index (χ4n) is 3.26. The van der Waals surface area contributed by atoms with Crippen LogP contribution in [-0.4, -0.2) is 30.4 Å². The van der Waals surface area contributed by atoms with Gasteiger partial charge < -0.3 is 5.32 Å². The first-order chi connectivity index (χ1) is 15.9. The zero-order valence-electron chi connectivity index (χ0n) is 17.8. The van der Waals surface area contributed by atoms with Crippen molar-refractivity contribution in [2.75, 3.05) is 16.3 Å². The van der Waals surface area contributed by atoms with Gasteiger partial charge in [0.25, 0.3) is 0 Å². The highest BCUT2D eigenvalue weighted by Crippen LogP contribution is 2.25. The highest BCUT2D eigenvalue weighted by atomic mass is 32.2. The van der Waals surface area contributed by atoms with Gasteiger partial charge in [0.05, 0.1) is 29.0 Å². The first kappa shape index (κ1) is 22.0. The van der Waals surface area contributed by atoms with Gasteiger partial charge in [-0.25, -0.2) is 13.1 Å². The minimum atomic E-state index is -3.48. The molecule has 0 aliphatic carbocycles. The lowest BCUT2D eigenvalue weighted by Gasteiger charge is -2.10. The third kappa shape index (κ3) is 5.75. The Labute approximate surface area is 192 Å². The van der Waals surface area contributed by atoms with Crippen LogP contribution >= 0.6 is 0 Å². The number of sulfonamides is 1. The molecule has 33 heavy (non-hydrogen) atoms. The molecule has 0 aliphatic rings. The predicted molar refractivity (Wildman–Crippen MR) is 132 cm³/mol. The van der Waals surface area contributed by atoms with Crippen LogP contribution in [0.3, 0.4) is 0 Å². The van der Waals surface area contributed by atoms with Crippen molar-refractivity contribution in [2.24, 2.45) is 0 Å². The molecule has 0 atom stereocenters. The molecule has 0 bridgehead atoms. The molecule has 0 saturated carbocycles. The first-order valence-electron chi connectivity index (χ1n) is 10.2. The molecule has 0 aliphatic heterocycles. The van der Waals surface area contributed by atoms with Gasteiger partial charge in [0.2, 0.25) is 15.9 Å². The van der Waals surface area contributed by atoms with Crippen LogP contribution < -0.4 is 10.0 Å². The largest absolute Gasteiger partial charge is 0.321 e. The fraction of sp³-hybridized carbons (Fsp3) is 0.0400. The van der Waals surface area contributed by atoms with E-state index >= 15 is 0 Å². The van der Waals surface area contributed by atoms with Crippen molar-refractivity contribution >= 4 is 33.4 Å². The fourth-order valence-corrected chi connectivity index (χ4v) is 3.84. The van der Waals surface area contributed by atoms with Crippen LogP contribution in [0.15, 0.2) is 97.2 Å². The SMILES string of the molecule is CS(=O)(=O)Nc1ccccc1NC(=O)C=Cc1cn(-c2ccccc2)nc1-c1ccccc1. The second kappa shape index (κ2) is 9.54. The summed E-state index contributed by atoms with van der Waals surface area (Å²) in [6, 6.07) is 26.0. The van der Waals surface area contributed by atoms with Crippen LogP contribution in [-0.2, 0) is 14.8 Å². The molecule has 0 fully saturated rings.